The Labute approximate surface area is 134 Å². The average Bonchev–Trinajstić information content (AvgIpc) is 3.08. The lowest BCUT2D eigenvalue weighted by Crippen LogP contribution is -2.33. The molecule has 0 bridgehead atoms. The molecule has 1 saturated heterocycles. The predicted molar refractivity (Wildman–Crippen MR) is 86.6 cm³/mol. The number of aromatic nitrogens is 3. The van der Waals surface area contributed by atoms with Crippen molar-refractivity contribution in [2.24, 2.45) is 5.92 Å². The summed E-state index contributed by atoms with van der Waals surface area (Å²) < 4.78 is 5.49. The standard InChI is InChI=1S/C15H23N5OS/c1-10(2)6-13-18-14(21-19-13)11-4-3-5-20(8-11)9-12-7-17-15(16)22-12/h7,10-11H,3-6,8-9H2,1-2H3,(H2,16,17)/t11-/m1/s1. The van der Waals surface area contributed by atoms with Gasteiger partial charge in [-0.2, -0.15) is 4.98 Å². The molecule has 7 heteroatoms. The third-order valence-corrected chi connectivity index (χ3v) is 4.69. The summed E-state index contributed by atoms with van der Waals surface area (Å²) in [6, 6.07) is 0. The van der Waals surface area contributed by atoms with Crippen molar-refractivity contribution in [1.82, 2.24) is 20.0 Å². The van der Waals surface area contributed by atoms with E-state index in [1.807, 2.05) is 6.20 Å². The molecular weight excluding hydrogens is 298 g/mol. The summed E-state index contributed by atoms with van der Waals surface area (Å²) in [5.74, 6) is 2.51. The quantitative estimate of drug-likeness (QED) is 0.912. The molecule has 0 unspecified atom stereocenters. The van der Waals surface area contributed by atoms with Crippen LogP contribution in [0, 0.1) is 5.92 Å². The van der Waals surface area contributed by atoms with E-state index in [-0.39, 0.29) is 0 Å². The molecule has 0 radical (unpaired) electrons. The Morgan fingerprint density at radius 1 is 1.50 bits per heavy atom. The third kappa shape index (κ3) is 3.84. The zero-order chi connectivity index (χ0) is 15.5. The van der Waals surface area contributed by atoms with Crippen LogP contribution >= 0.6 is 11.3 Å². The maximum atomic E-state index is 5.70. The first kappa shape index (κ1) is 15.4. The Hall–Kier alpha value is -1.47. The van der Waals surface area contributed by atoms with E-state index in [2.05, 4.69) is 33.9 Å². The lowest BCUT2D eigenvalue weighted by Gasteiger charge is -2.30. The van der Waals surface area contributed by atoms with E-state index < -0.39 is 0 Å². The number of nitrogens with two attached hydrogens (primary N) is 1. The third-order valence-electron chi connectivity index (χ3n) is 3.88. The van der Waals surface area contributed by atoms with Crippen LogP contribution in [0.4, 0.5) is 5.13 Å². The minimum Gasteiger partial charge on any atom is -0.375 e. The zero-order valence-electron chi connectivity index (χ0n) is 13.2. The molecule has 2 aromatic rings. The Kier molecular flexibility index (Phi) is 4.73. The Bertz CT molecular complexity index is 609. The predicted octanol–water partition coefficient (Wildman–Crippen LogP) is 2.69. The molecule has 1 fully saturated rings. The van der Waals surface area contributed by atoms with Gasteiger partial charge >= 0.3 is 0 Å². The highest BCUT2D eigenvalue weighted by Crippen LogP contribution is 2.28. The summed E-state index contributed by atoms with van der Waals surface area (Å²) in [6.45, 7) is 7.29. The van der Waals surface area contributed by atoms with E-state index in [1.54, 1.807) is 11.3 Å². The van der Waals surface area contributed by atoms with Crippen molar-refractivity contribution in [3.63, 3.8) is 0 Å². The number of hydrogen-bond donors (Lipinski definition) is 1. The number of nitrogens with zero attached hydrogens (tertiary/aromatic N) is 4. The normalized spacial score (nSPS) is 19.9. The van der Waals surface area contributed by atoms with Crippen LogP contribution in [0.3, 0.4) is 0 Å². The van der Waals surface area contributed by atoms with Crippen molar-refractivity contribution in [2.45, 2.75) is 45.6 Å². The second-order valence-corrected chi connectivity index (χ2v) is 7.53. The number of nitrogen functional groups attached to an aromatic ring is 1. The van der Waals surface area contributed by atoms with Gasteiger partial charge in [0.25, 0.3) is 0 Å². The minimum absolute atomic E-state index is 0.340. The summed E-state index contributed by atoms with van der Waals surface area (Å²) >= 11 is 1.56. The maximum absolute atomic E-state index is 5.70. The Morgan fingerprint density at radius 3 is 3.09 bits per heavy atom. The van der Waals surface area contributed by atoms with E-state index in [9.17, 15) is 0 Å². The van der Waals surface area contributed by atoms with Crippen LogP contribution in [0.5, 0.6) is 0 Å². The van der Waals surface area contributed by atoms with Crippen LogP contribution < -0.4 is 5.73 Å². The molecule has 0 aliphatic carbocycles. The van der Waals surface area contributed by atoms with E-state index in [0.29, 0.717) is 17.0 Å². The van der Waals surface area contributed by atoms with E-state index in [1.165, 1.54) is 4.88 Å². The fraction of sp³-hybridized carbons (Fsp3) is 0.667. The topological polar surface area (TPSA) is 81.1 Å². The fourth-order valence-corrected chi connectivity index (χ4v) is 3.62. The molecule has 0 aromatic carbocycles. The second kappa shape index (κ2) is 6.75. The van der Waals surface area contributed by atoms with Crippen molar-refractivity contribution >= 4 is 16.5 Å². The van der Waals surface area contributed by atoms with E-state index in [4.69, 9.17) is 10.3 Å². The van der Waals surface area contributed by atoms with Gasteiger partial charge in [-0.15, -0.1) is 11.3 Å². The van der Waals surface area contributed by atoms with E-state index in [0.717, 1.165) is 50.6 Å². The molecule has 1 aliphatic rings. The van der Waals surface area contributed by atoms with Crippen molar-refractivity contribution in [1.29, 1.82) is 0 Å². The molecule has 1 atom stereocenters. The van der Waals surface area contributed by atoms with Gasteiger partial charge in [-0.3, -0.25) is 4.90 Å². The summed E-state index contributed by atoms with van der Waals surface area (Å²) in [6.07, 6.45) is 5.02. The van der Waals surface area contributed by atoms with Crippen molar-refractivity contribution in [3.05, 3.63) is 22.8 Å². The number of thiazole rings is 1. The monoisotopic (exact) mass is 321 g/mol. The molecule has 2 N–H and O–H groups in total. The first-order chi connectivity index (χ1) is 10.6. The number of likely N-dealkylation sites (tertiary alicyclic amines) is 1. The van der Waals surface area contributed by atoms with Gasteiger partial charge in [0.1, 0.15) is 0 Å². The number of piperidine rings is 1. The number of anilines is 1. The number of hydrogen-bond acceptors (Lipinski definition) is 7. The molecule has 22 heavy (non-hydrogen) atoms. The van der Waals surface area contributed by atoms with Gasteiger partial charge in [-0.1, -0.05) is 19.0 Å². The lowest BCUT2D eigenvalue weighted by molar-refractivity contribution is 0.181. The molecule has 120 valence electrons. The van der Waals surface area contributed by atoms with Gasteiger partial charge in [0.05, 0.1) is 5.92 Å². The maximum Gasteiger partial charge on any atom is 0.231 e. The van der Waals surface area contributed by atoms with Gasteiger partial charge in [0.2, 0.25) is 5.89 Å². The summed E-state index contributed by atoms with van der Waals surface area (Å²) in [7, 11) is 0. The molecular formula is C15H23N5OS. The average molecular weight is 321 g/mol. The molecule has 3 heterocycles. The van der Waals surface area contributed by atoms with Crippen LogP contribution in [0.25, 0.3) is 0 Å². The largest absolute Gasteiger partial charge is 0.375 e. The fourth-order valence-electron chi connectivity index (χ4n) is 2.90. The van der Waals surface area contributed by atoms with Crippen LogP contribution in [0.15, 0.2) is 10.7 Å². The highest BCUT2D eigenvalue weighted by molar-refractivity contribution is 7.15. The lowest BCUT2D eigenvalue weighted by atomic mass is 9.98. The Balaban J connectivity index is 1.61. The first-order valence-corrected chi connectivity index (χ1v) is 8.67. The molecule has 3 rings (SSSR count). The number of rotatable bonds is 5. The minimum atomic E-state index is 0.340. The molecule has 0 saturated carbocycles. The van der Waals surface area contributed by atoms with Crippen LogP contribution in [0.2, 0.25) is 0 Å². The zero-order valence-corrected chi connectivity index (χ0v) is 14.0. The summed E-state index contributed by atoms with van der Waals surface area (Å²) in [5.41, 5.74) is 5.70. The molecule has 6 nitrogen and oxygen atoms in total. The van der Waals surface area contributed by atoms with E-state index >= 15 is 0 Å². The van der Waals surface area contributed by atoms with Gasteiger partial charge in [-0.25, -0.2) is 4.98 Å². The van der Waals surface area contributed by atoms with Crippen molar-refractivity contribution < 1.29 is 4.52 Å². The SMILES string of the molecule is CC(C)Cc1noc([C@@H]2CCCN(Cc3cnc(N)s3)C2)n1. The van der Waals surface area contributed by atoms with Crippen molar-refractivity contribution in [2.75, 3.05) is 18.8 Å². The van der Waals surface area contributed by atoms with Crippen LogP contribution in [0.1, 0.15) is 49.2 Å². The van der Waals surface area contributed by atoms with Gasteiger partial charge < -0.3 is 10.3 Å². The molecule has 1 aliphatic heterocycles. The highest BCUT2D eigenvalue weighted by Gasteiger charge is 2.26. The summed E-state index contributed by atoms with van der Waals surface area (Å²) in [5, 5.41) is 4.75. The highest BCUT2D eigenvalue weighted by atomic mass is 32.1. The second-order valence-electron chi connectivity index (χ2n) is 6.39. The van der Waals surface area contributed by atoms with Gasteiger partial charge in [-0.05, 0) is 25.3 Å². The van der Waals surface area contributed by atoms with Crippen LogP contribution in [-0.4, -0.2) is 33.1 Å². The molecule has 0 spiro atoms. The smallest absolute Gasteiger partial charge is 0.231 e. The van der Waals surface area contributed by atoms with Crippen molar-refractivity contribution in [3.8, 4) is 0 Å². The first-order valence-electron chi connectivity index (χ1n) is 7.85. The van der Waals surface area contributed by atoms with Gasteiger partial charge in [0, 0.05) is 30.6 Å². The van der Waals surface area contributed by atoms with Crippen LogP contribution in [-0.2, 0) is 13.0 Å². The van der Waals surface area contributed by atoms with Gasteiger partial charge in [0.15, 0.2) is 11.0 Å². The molecule has 0 amide bonds. The summed E-state index contributed by atoms with van der Waals surface area (Å²) in [4.78, 5) is 12.3. The molecule has 2 aromatic heterocycles. The Morgan fingerprint density at radius 2 is 2.36 bits per heavy atom.